The van der Waals surface area contributed by atoms with Gasteiger partial charge < -0.3 is 5.11 Å². The van der Waals surface area contributed by atoms with E-state index in [2.05, 4.69) is 0 Å². The van der Waals surface area contributed by atoms with E-state index < -0.39 is 11.0 Å². The van der Waals surface area contributed by atoms with Crippen molar-refractivity contribution in [2.45, 2.75) is 17.4 Å². The zero-order chi connectivity index (χ0) is 13.8. The molecule has 0 aliphatic heterocycles. The van der Waals surface area contributed by atoms with Crippen molar-refractivity contribution in [3.05, 3.63) is 83.4 Å². The molecule has 0 heterocycles. The lowest BCUT2D eigenvalue weighted by Crippen LogP contribution is -2.45. The Morgan fingerprint density at radius 1 is 0.950 bits per heavy atom. The maximum Gasteiger partial charge on any atom is 0.177 e. The molecule has 0 spiro atoms. The highest BCUT2D eigenvalue weighted by Gasteiger charge is 2.63. The van der Waals surface area contributed by atoms with Gasteiger partial charge >= 0.3 is 0 Å². The van der Waals surface area contributed by atoms with Gasteiger partial charge in [-0.2, -0.15) is 0 Å². The molecule has 0 bridgehead atoms. The molecule has 0 unspecified atom stereocenters. The Labute approximate surface area is 117 Å². The van der Waals surface area contributed by atoms with Crippen LogP contribution in [0.15, 0.2) is 66.7 Å². The van der Waals surface area contributed by atoms with E-state index in [0.717, 1.165) is 11.1 Å². The first kappa shape index (κ1) is 11.6. The Morgan fingerprint density at radius 3 is 2.45 bits per heavy atom. The third-order valence-corrected chi connectivity index (χ3v) is 4.67. The zero-order valence-corrected chi connectivity index (χ0v) is 10.9. The monoisotopic (exact) mass is 262 g/mol. The van der Waals surface area contributed by atoms with Crippen LogP contribution in [0.2, 0.25) is 0 Å². The number of aliphatic hydroxyl groups is 1. The molecule has 2 aliphatic rings. The van der Waals surface area contributed by atoms with Crippen LogP contribution in [0.4, 0.5) is 0 Å². The van der Waals surface area contributed by atoms with Crippen molar-refractivity contribution in [2.24, 2.45) is 0 Å². The number of carbonyl (C=O) groups excluding carboxylic acids is 1. The summed E-state index contributed by atoms with van der Waals surface area (Å²) in [6, 6.07) is 17.0. The maximum absolute atomic E-state index is 13.0. The van der Waals surface area contributed by atoms with Gasteiger partial charge in [-0.25, -0.2) is 0 Å². The molecule has 0 saturated carbocycles. The molecule has 0 amide bonds. The van der Waals surface area contributed by atoms with Crippen LogP contribution in [0.3, 0.4) is 0 Å². The molecule has 1 N–H and O–H groups in total. The smallest absolute Gasteiger partial charge is 0.177 e. The Kier molecular flexibility index (Phi) is 2.14. The van der Waals surface area contributed by atoms with Gasteiger partial charge in [0.15, 0.2) is 5.78 Å². The van der Waals surface area contributed by atoms with Crippen molar-refractivity contribution in [1.82, 2.24) is 0 Å². The molecular formula is C18H14O2. The SMILES string of the molecule is O=C1c2ccccc2[C@]2(O)C=CC[C@]12c1ccccc1. The number of hydrogen-bond acceptors (Lipinski definition) is 2. The van der Waals surface area contributed by atoms with E-state index in [0.29, 0.717) is 12.0 Å². The van der Waals surface area contributed by atoms with E-state index in [-0.39, 0.29) is 5.78 Å². The van der Waals surface area contributed by atoms with Crippen LogP contribution in [0.5, 0.6) is 0 Å². The van der Waals surface area contributed by atoms with Gasteiger partial charge in [0.25, 0.3) is 0 Å². The van der Waals surface area contributed by atoms with Gasteiger partial charge in [-0.15, -0.1) is 0 Å². The van der Waals surface area contributed by atoms with E-state index in [4.69, 9.17) is 0 Å². The molecule has 0 saturated heterocycles. The first-order chi connectivity index (χ1) is 9.70. The molecule has 2 aliphatic carbocycles. The number of Topliss-reactive ketones (excluding diaryl/α,β-unsaturated/α-hetero) is 1. The maximum atomic E-state index is 13.0. The van der Waals surface area contributed by atoms with Gasteiger partial charge in [-0.3, -0.25) is 4.79 Å². The number of rotatable bonds is 1. The minimum atomic E-state index is -1.22. The van der Waals surface area contributed by atoms with E-state index in [1.807, 2.05) is 60.7 Å². The molecule has 2 aromatic rings. The second-order valence-corrected chi connectivity index (χ2v) is 5.52. The second kappa shape index (κ2) is 3.68. The fourth-order valence-electron chi connectivity index (χ4n) is 3.72. The first-order valence-electron chi connectivity index (χ1n) is 6.80. The van der Waals surface area contributed by atoms with Gasteiger partial charge in [0.1, 0.15) is 5.60 Å². The summed E-state index contributed by atoms with van der Waals surface area (Å²) in [6.07, 6.45) is 4.24. The van der Waals surface area contributed by atoms with Gasteiger partial charge in [0.05, 0.1) is 5.41 Å². The van der Waals surface area contributed by atoms with Crippen LogP contribution < -0.4 is 0 Å². The summed E-state index contributed by atoms with van der Waals surface area (Å²) in [4.78, 5) is 13.0. The Balaban J connectivity index is 2.05. The van der Waals surface area contributed by atoms with Crippen LogP contribution in [0.25, 0.3) is 0 Å². The van der Waals surface area contributed by atoms with Crippen molar-refractivity contribution >= 4 is 5.78 Å². The average molecular weight is 262 g/mol. The summed E-state index contributed by atoms with van der Waals surface area (Å²) in [5.74, 6) is 0.0202. The quantitative estimate of drug-likeness (QED) is 0.802. The Morgan fingerprint density at radius 2 is 1.65 bits per heavy atom. The molecule has 4 rings (SSSR count). The van der Waals surface area contributed by atoms with Crippen molar-refractivity contribution < 1.29 is 9.90 Å². The average Bonchev–Trinajstić information content (AvgIpc) is 2.94. The van der Waals surface area contributed by atoms with Crippen LogP contribution in [-0.2, 0) is 11.0 Å². The lowest BCUT2D eigenvalue weighted by Gasteiger charge is -2.35. The summed E-state index contributed by atoms with van der Waals surface area (Å²) in [6.45, 7) is 0. The lowest BCUT2D eigenvalue weighted by molar-refractivity contribution is 0.0250. The van der Waals surface area contributed by atoms with Crippen molar-refractivity contribution in [2.75, 3.05) is 0 Å². The summed E-state index contributed by atoms with van der Waals surface area (Å²) in [5, 5.41) is 11.2. The van der Waals surface area contributed by atoms with Crippen molar-refractivity contribution in [3.8, 4) is 0 Å². The number of allylic oxidation sites excluding steroid dienone is 1. The van der Waals surface area contributed by atoms with Crippen molar-refractivity contribution in [3.63, 3.8) is 0 Å². The highest BCUT2D eigenvalue weighted by molar-refractivity contribution is 6.11. The third-order valence-electron chi connectivity index (χ3n) is 4.67. The number of carbonyl (C=O) groups is 1. The highest BCUT2D eigenvalue weighted by Crippen LogP contribution is 2.57. The van der Waals surface area contributed by atoms with Gasteiger partial charge in [-0.1, -0.05) is 66.7 Å². The Bertz CT molecular complexity index is 732. The molecule has 98 valence electrons. The number of ketones is 1. The lowest BCUT2D eigenvalue weighted by atomic mass is 9.69. The summed E-state index contributed by atoms with van der Waals surface area (Å²) in [7, 11) is 0. The summed E-state index contributed by atoms with van der Waals surface area (Å²) < 4.78 is 0. The third kappa shape index (κ3) is 1.11. The predicted octanol–water partition coefficient (Wildman–Crippen LogP) is 2.97. The fraction of sp³-hybridized carbons (Fsp3) is 0.167. The van der Waals surface area contributed by atoms with Crippen LogP contribution in [-0.4, -0.2) is 10.9 Å². The minimum absolute atomic E-state index is 0.0202. The van der Waals surface area contributed by atoms with Crippen molar-refractivity contribution in [1.29, 1.82) is 0 Å². The normalized spacial score (nSPS) is 30.4. The van der Waals surface area contributed by atoms with E-state index in [9.17, 15) is 9.90 Å². The Hall–Kier alpha value is -2.19. The first-order valence-corrected chi connectivity index (χ1v) is 6.80. The van der Waals surface area contributed by atoms with E-state index in [1.165, 1.54) is 0 Å². The zero-order valence-electron chi connectivity index (χ0n) is 10.9. The molecule has 2 aromatic carbocycles. The fourth-order valence-corrected chi connectivity index (χ4v) is 3.72. The molecule has 2 heteroatoms. The summed E-state index contributed by atoms with van der Waals surface area (Å²) >= 11 is 0. The highest BCUT2D eigenvalue weighted by atomic mass is 16.3. The minimum Gasteiger partial charge on any atom is -0.380 e. The van der Waals surface area contributed by atoms with Gasteiger partial charge in [-0.05, 0) is 17.5 Å². The van der Waals surface area contributed by atoms with E-state index in [1.54, 1.807) is 6.08 Å². The predicted molar refractivity (Wildman–Crippen MR) is 76.5 cm³/mol. The molecular weight excluding hydrogens is 248 g/mol. The largest absolute Gasteiger partial charge is 0.380 e. The van der Waals surface area contributed by atoms with Gasteiger partial charge in [0.2, 0.25) is 0 Å². The topological polar surface area (TPSA) is 37.3 Å². The van der Waals surface area contributed by atoms with Crippen LogP contribution in [0, 0.1) is 0 Å². The molecule has 0 radical (unpaired) electrons. The van der Waals surface area contributed by atoms with Gasteiger partial charge in [0, 0.05) is 5.56 Å². The molecule has 2 atom stereocenters. The second-order valence-electron chi connectivity index (χ2n) is 5.52. The van der Waals surface area contributed by atoms with Crippen LogP contribution >= 0.6 is 0 Å². The standard InChI is InChI=1S/C18H14O2/c19-16-14-9-4-5-10-15(14)18(20)12-6-11-17(16,18)13-7-2-1-3-8-13/h1-10,12,20H,11H2/t17-,18+/m0/s1. The molecule has 20 heavy (non-hydrogen) atoms. The molecule has 2 nitrogen and oxygen atoms in total. The number of hydrogen-bond donors (Lipinski definition) is 1. The van der Waals surface area contributed by atoms with E-state index >= 15 is 0 Å². The number of fused-ring (bicyclic) bond motifs is 3. The molecule has 0 fully saturated rings. The number of benzene rings is 2. The van der Waals surface area contributed by atoms with Crippen LogP contribution in [0.1, 0.15) is 27.9 Å². The molecule has 0 aromatic heterocycles. The summed E-state index contributed by atoms with van der Waals surface area (Å²) in [5.41, 5.74) is 0.138.